The van der Waals surface area contributed by atoms with Crippen molar-refractivity contribution in [3.05, 3.63) is 18.0 Å². The maximum Gasteiger partial charge on any atom is 0.0518 e. The Morgan fingerprint density at radius 2 is 2.29 bits per heavy atom. The number of rotatable bonds is 5. The Balaban J connectivity index is 1.39. The van der Waals surface area contributed by atoms with Gasteiger partial charge in [-0.1, -0.05) is 0 Å². The Kier molecular flexibility index (Phi) is 3.16. The molecular weight excluding hydrogens is 212 g/mol. The van der Waals surface area contributed by atoms with Gasteiger partial charge in [-0.15, -0.1) is 0 Å². The summed E-state index contributed by atoms with van der Waals surface area (Å²) >= 11 is 0. The summed E-state index contributed by atoms with van der Waals surface area (Å²) in [6.07, 6.45) is 6.11. The van der Waals surface area contributed by atoms with Gasteiger partial charge < -0.3 is 10.2 Å². The third kappa shape index (κ3) is 2.69. The van der Waals surface area contributed by atoms with Crippen LogP contribution in [-0.4, -0.2) is 40.4 Å². The Morgan fingerprint density at radius 3 is 3.00 bits per heavy atom. The molecule has 0 amide bonds. The van der Waals surface area contributed by atoms with Crippen molar-refractivity contribution < 1.29 is 0 Å². The van der Waals surface area contributed by atoms with Crippen LogP contribution in [0.2, 0.25) is 0 Å². The molecule has 4 heteroatoms. The molecule has 1 unspecified atom stereocenters. The first kappa shape index (κ1) is 11.2. The highest BCUT2D eigenvalue weighted by Crippen LogP contribution is 2.31. The lowest BCUT2D eigenvalue weighted by Gasteiger charge is -2.15. The van der Waals surface area contributed by atoms with Gasteiger partial charge in [-0.3, -0.25) is 4.68 Å². The van der Waals surface area contributed by atoms with Crippen molar-refractivity contribution in [1.82, 2.24) is 20.0 Å². The van der Waals surface area contributed by atoms with E-state index in [0.29, 0.717) is 0 Å². The van der Waals surface area contributed by atoms with Crippen molar-refractivity contribution in [2.45, 2.75) is 31.8 Å². The summed E-state index contributed by atoms with van der Waals surface area (Å²) < 4.78 is 1.94. The maximum atomic E-state index is 4.18. The van der Waals surface area contributed by atoms with E-state index < -0.39 is 0 Å². The predicted octanol–water partition coefficient (Wildman–Crippen LogP) is 0.994. The first-order valence-electron chi connectivity index (χ1n) is 6.74. The molecule has 0 radical (unpaired) electrons. The average molecular weight is 234 g/mol. The largest absolute Gasteiger partial charge is 0.311 e. The average Bonchev–Trinajstić information content (AvgIpc) is 2.94. The van der Waals surface area contributed by atoms with Crippen molar-refractivity contribution in [2.75, 3.05) is 19.6 Å². The second-order valence-corrected chi connectivity index (χ2v) is 5.46. The lowest BCUT2D eigenvalue weighted by molar-refractivity contribution is 0.311. The molecule has 1 aliphatic carbocycles. The molecule has 1 aromatic heterocycles. The highest BCUT2D eigenvalue weighted by Gasteiger charge is 2.33. The normalized spacial score (nSPS) is 25.6. The van der Waals surface area contributed by atoms with Gasteiger partial charge in [0.25, 0.3) is 0 Å². The summed E-state index contributed by atoms with van der Waals surface area (Å²) in [6.45, 7) is 4.72. The zero-order valence-corrected chi connectivity index (χ0v) is 10.6. The number of nitrogens with one attached hydrogen (secondary N) is 1. The molecule has 3 rings (SSSR count). The van der Waals surface area contributed by atoms with E-state index in [1.54, 1.807) is 0 Å². The molecule has 2 heterocycles. The molecule has 2 fully saturated rings. The van der Waals surface area contributed by atoms with Crippen molar-refractivity contribution in [2.24, 2.45) is 13.0 Å². The second-order valence-electron chi connectivity index (χ2n) is 5.46. The summed E-state index contributed by atoms with van der Waals surface area (Å²) in [6, 6.07) is 3.02. The monoisotopic (exact) mass is 234 g/mol. The zero-order valence-electron chi connectivity index (χ0n) is 10.6. The molecular formula is C13H22N4. The molecule has 1 saturated carbocycles. The van der Waals surface area contributed by atoms with Crippen LogP contribution in [0.15, 0.2) is 12.3 Å². The van der Waals surface area contributed by atoms with E-state index in [0.717, 1.165) is 25.0 Å². The first-order chi connectivity index (χ1) is 8.33. The molecule has 2 aliphatic rings. The fraction of sp³-hybridized carbons (Fsp3) is 0.769. The second kappa shape index (κ2) is 4.78. The van der Waals surface area contributed by atoms with Crippen LogP contribution in [0.3, 0.4) is 0 Å². The van der Waals surface area contributed by atoms with E-state index in [1.807, 2.05) is 17.9 Å². The van der Waals surface area contributed by atoms with Crippen molar-refractivity contribution in [3.63, 3.8) is 0 Å². The van der Waals surface area contributed by atoms with Crippen LogP contribution >= 0.6 is 0 Å². The molecule has 0 bridgehead atoms. The molecule has 1 aromatic rings. The van der Waals surface area contributed by atoms with E-state index in [4.69, 9.17) is 0 Å². The number of hydrogen-bond donors (Lipinski definition) is 1. The van der Waals surface area contributed by atoms with Crippen LogP contribution < -0.4 is 5.32 Å². The lowest BCUT2D eigenvalue weighted by Crippen LogP contribution is -2.27. The fourth-order valence-electron chi connectivity index (χ4n) is 2.78. The third-order valence-corrected chi connectivity index (χ3v) is 4.04. The molecule has 1 aliphatic heterocycles. The predicted molar refractivity (Wildman–Crippen MR) is 67.6 cm³/mol. The number of aryl methyl sites for hydroxylation is 1. The summed E-state index contributed by atoms with van der Waals surface area (Å²) in [5, 5.41) is 7.74. The van der Waals surface area contributed by atoms with Crippen molar-refractivity contribution >= 4 is 0 Å². The standard InChI is InChI=1S/C13H22N4/c1-16-13(4-6-15-16)9-14-8-11-5-7-17(10-11)12-2-3-12/h4,6,11-12,14H,2-3,5,7-10H2,1H3. The number of aromatic nitrogens is 2. The minimum absolute atomic E-state index is 0.851. The van der Waals surface area contributed by atoms with Gasteiger partial charge in [0.2, 0.25) is 0 Å². The lowest BCUT2D eigenvalue weighted by atomic mass is 10.1. The van der Waals surface area contributed by atoms with Crippen LogP contribution in [-0.2, 0) is 13.6 Å². The third-order valence-electron chi connectivity index (χ3n) is 4.04. The topological polar surface area (TPSA) is 33.1 Å². The van der Waals surface area contributed by atoms with Gasteiger partial charge in [-0.05, 0) is 44.3 Å². The minimum Gasteiger partial charge on any atom is -0.311 e. The molecule has 17 heavy (non-hydrogen) atoms. The molecule has 1 atom stereocenters. The summed E-state index contributed by atoms with van der Waals surface area (Å²) in [7, 11) is 2.00. The quantitative estimate of drug-likeness (QED) is 0.825. The molecule has 1 N–H and O–H groups in total. The highest BCUT2D eigenvalue weighted by atomic mass is 15.3. The van der Waals surface area contributed by atoms with E-state index in [2.05, 4.69) is 21.4 Å². The van der Waals surface area contributed by atoms with Crippen LogP contribution in [0, 0.1) is 5.92 Å². The number of likely N-dealkylation sites (tertiary alicyclic amines) is 1. The highest BCUT2D eigenvalue weighted by molar-refractivity contribution is 4.99. The molecule has 1 saturated heterocycles. The molecule has 94 valence electrons. The molecule has 0 aromatic carbocycles. The number of nitrogens with zero attached hydrogens (tertiary/aromatic N) is 3. The van der Waals surface area contributed by atoms with Crippen LogP contribution in [0.4, 0.5) is 0 Å². The van der Waals surface area contributed by atoms with Gasteiger partial charge >= 0.3 is 0 Å². The summed E-state index contributed by atoms with van der Waals surface area (Å²) in [5.74, 6) is 0.851. The van der Waals surface area contributed by atoms with E-state index in [1.165, 1.54) is 38.0 Å². The van der Waals surface area contributed by atoms with Gasteiger partial charge in [0.05, 0.1) is 5.69 Å². The van der Waals surface area contributed by atoms with Gasteiger partial charge in [-0.25, -0.2) is 0 Å². The smallest absolute Gasteiger partial charge is 0.0518 e. The fourth-order valence-corrected chi connectivity index (χ4v) is 2.78. The zero-order chi connectivity index (χ0) is 11.7. The van der Waals surface area contributed by atoms with Gasteiger partial charge in [0.15, 0.2) is 0 Å². The van der Waals surface area contributed by atoms with Crippen LogP contribution in [0.25, 0.3) is 0 Å². The Bertz CT molecular complexity index is 369. The van der Waals surface area contributed by atoms with E-state index >= 15 is 0 Å². The van der Waals surface area contributed by atoms with Gasteiger partial charge in [-0.2, -0.15) is 5.10 Å². The van der Waals surface area contributed by atoms with Crippen LogP contribution in [0.1, 0.15) is 25.0 Å². The van der Waals surface area contributed by atoms with E-state index in [9.17, 15) is 0 Å². The Labute approximate surface area is 103 Å². The first-order valence-corrected chi connectivity index (χ1v) is 6.74. The molecule has 0 spiro atoms. The SMILES string of the molecule is Cn1nccc1CNCC1CCN(C2CC2)C1. The van der Waals surface area contributed by atoms with Crippen molar-refractivity contribution in [3.8, 4) is 0 Å². The van der Waals surface area contributed by atoms with Crippen LogP contribution in [0.5, 0.6) is 0 Å². The number of hydrogen-bond acceptors (Lipinski definition) is 3. The van der Waals surface area contributed by atoms with Crippen molar-refractivity contribution in [1.29, 1.82) is 0 Å². The van der Waals surface area contributed by atoms with Gasteiger partial charge in [0, 0.05) is 32.4 Å². The van der Waals surface area contributed by atoms with E-state index in [-0.39, 0.29) is 0 Å². The maximum absolute atomic E-state index is 4.18. The summed E-state index contributed by atoms with van der Waals surface area (Å²) in [5.41, 5.74) is 1.27. The Hall–Kier alpha value is -0.870. The summed E-state index contributed by atoms with van der Waals surface area (Å²) in [4.78, 5) is 2.68. The minimum atomic E-state index is 0.851. The van der Waals surface area contributed by atoms with Gasteiger partial charge in [0.1, 0.15) is 0 Å². The Morgan fingerprint density at radius 1 is 1.41 bits per heavy atom. The molecule has 4 nitrogen and oxygen atoms in total.